The van der Waals surface area contributed by atoms with Crippen molar-refractivity contribution < 1.29 is 4.39 Å². The minimum atomic E-state index is -0.221. The van der Waals surface area contributed by atoms with Gasteiger partial charge in [0.05, 0.1) is 6.33 Å². The Kier molecular flexibility index (Phi) is 1.85. The molecule has 0 N–H and O–H groups in total. The van der Waals surface area contributed by atoms with Crippen molar-refractivity contribution in [3.8, 4) is 5.69 Å². The van der Waals surface area contributed by atoms with Crippen molar-refractivity contribution in [1.82, 2.24) is 9.55 Å². The van der Waals surface area contributed by atoms with Crippen molar-refractivity contribution in [2.75, 3.05) is 0 Å². The SMILES string of the molecule is Cc1cncn1-c1ccc(F)cc1. The molecule has 0 aliphatic carbocycles. The Morgan fingerprint density at radius 2 is 1.92 bits per heavy atom. The van der Waals surface area contributed by atoms with Crippen LogP contribution >= 0.6 is 0 Å². The summed E-state index contributed by atoms with van der Waals surface area (Å²) in [7, 11) is 0. The predicted octanol–water partition coefficient (Wildman–Crippen LogP) is 2.32. The molecule has 0 aliphatic rings. The first-order valence-corrected chi connectivity index (χ1v) is 4.02. The van der Waals surface area contributed by atoms with Crippen LogP contribution in [-0.4, -0.2) is 9.55 Å². The molecule has 0 spiro atoms. The van der Waals surface area contributed by atoms with E-state index in [1.807, 2.05) is 11.5 Å². The van der Waals surface area contributed by atoms with Crippen LogP contribution in [0.1, 0.15) is 5.69 Å². The summed E-state index contributed by atoms with van der Waals surface area (Å²) in [6, 6.07) is 6.33. The van der Waals surface area contributed by atoms with Gasteiger partial charge in [-0.1, -0.05) is 0 Å². The van der Waals surface area contributed by atoms with Gasteiger partial charge < -0.3 is 4.57 Å². The molecule has 0 amide bonds. The lowest BCUT2D eigenvalue weighted by Crippen LogP contribution is -1.93. The summed E-state index contributed by atoms with van der Waals surface area (Å²) in [5.41, 5.74) is 1.96. The van der Waals surface area contributed by atoms with E-state index in [0.717, 1.165) is 11.4 Å². The highest BCUT2D eigenvalue weighted by molar-refractivity contribution is 5.33. The number of hydrogen-bond acceptors (Lipinski definition) is 1. The largest absolute Gasteiger partial charge is 0.304 e. The number of imidazole rings is 1. The third-order valence-corrected chi connectivity index (χ3v) is 1.93. The van der Waals surface area contributed by atoms with Crippen molar-refractivity contribution >= 4 is 0 Å². The molecular formula is C10H9FN2. The van der Waals surface area contributed by atoms with Crippen molar-refractivity contribution in [1.29, 1.82) is 0 Å². The number of aryl methyl sites for hydroxylation is 1. The van der Waals surface area contributed by atoms with Crippen molar-refractivity contribution in [3.05, 3.63) is 48.3 Å². The molecule has 2 rings (SSSR count). The highest BCUT2D eigenvalue weighted by atomic mass is 19.1. The minimum Gasteiger partial charge on any atom is -0.304 e. The van der Waals surface area contributed by atoms with E-state index in [-0.39, 0.29) is 5.82 Å². The number of rotatable bonds is 1. The van der Waals surface area contributed by atoms with Gasteiger partial charge in [-0.05, 0) is 31.2 Å². The monoisotopic (exact) mass is 176 g/mol. The molecule has 0 saturated heterocycles. The Labute approximate surface area is 75.7 Å². The van der Waals surface area contributed by atoms with E-state index in [1.54, 1.807) is 24.7 Å². The maximum atomic E-state index is 12.6. The number of nitrogens with zero attached hydrogens (tertiary/aromatic N) is 2. The van der Waals surface area contributed by atoms with Gasteiger partial charge in [-0.3, -0.25) is 0 Å². The lowest BCUT2D eigenvalue weighted by Gasteiger charge is -2.03. The van der Waals surface area contributed by atoms with E-state index in [2.05, 4.69) is 4.98 Å². The second-order valence-electron chi connectivity index (χ2n) is 2.88. The summed E-state index contributed by atoms with van der Waals surface area (Å²) in [5.74, 6) is -0.221. The van der Waals surface area contributed by atoms with Gasteiger partial charge in [0.2, 0.25) is 0 Å². The van der Waals surface area contributed by atoms with Crippen molar-refractivity contribution in [2.45, 2.75) is 6.92 Å². The Bertz CT molecular complexity index is 403. The molecule has 0 bridgehead atoms. The molecule has 1 aromatic heterocycles. The molecule has 0 fully saturated rings. The third kappa shape index (κ3) is 1.45. The van der Waals surface area contributed by atoms with Gasteiger partial charge in [-0.15, -0.1) is 0 Å². The van der Waals surface area contributed by atoms with Crippen LogP contribution in [0.3, 0.4) is 0 Å². The molecular weight excluding hydrogens is 167 g/mol. The molecule has 0 unspecified atom stereocenters. The molecule has 13 heavy (non-hydrogen) atoms. The van der Waals surface area contributed by atoms with Gasteiger partial charge in [0.1, 0.15) is 5.82 Å². The first kappa shape index (κ1) is 7.98. The first-order valence-electron chi connectivity index (χ1n) is 4.02. The van der Waals surface area contributed by atoms with Gasteiger partial charge in [0.15, 0.2) is 0 Å². The Balaban J connectivity index is 2.47. The fourth-order valence-electron chi connectivity index (χ4n) is 1.23. The smallest absolute Gasteiger partial charge is 0.123 e. The molecule has 2 aromatic rings. The first-order chi connectivity index (χ1) is 6.27. The number of benzene rings is 1. The Morgan fingerprint density at radius 1 is 1.23 bits per heavy atom. The highest BCUT2D eigenvalue weighted by Crippen LogP contribution is 2.10. The topological polar surface area (TPSA) is 17.8 Å². The Morgan fingerprint density at radius 3 is 2.46 bits per heavy atom. The van der Waals surface area contributed by atoms with Crippen LogP contribution in [0.15, 0.2) is 36.8 Å². The fraction of sp³-hybridized carbons (Fsp3) is 0.100. The molecule has 0 saturated carbocycles. The molecule has 1 heterocycles. The van der Waals surface area contributed by atoms with Gasteiger partial charge in [-0.25, -0.2) is 9.37 Å². The molecule has 0 atom stereocenters. The summed E-state index contributed by atoms with van der Waals surface area (Å²) in [6.07, 6.45) is 3.48. The summed E-state index contributed by atoms with van der Waals surface area (Å²) in [6.45, 7) is 1.95. The molecule has 66 valence electrons. The average molecular weight is 176 g/mol. The van der Waals surface area contributed by atoms with Gasteiger partial charge in [0.25, 0.3) is 0 Å². The van der Waals surface area contributed by atoms with E-state index in [0.29, 0.717) is 0 Å². The normalized spacial score (nSPS) is 10.3. The van der Waals surface area contributed by atoms with Crippen LogP contribution in [0.2, 0.25) is 0 Å². The van der Waals surface area contributed by atoms with Crippen LogP contribution in [0, 0.1) is 12.7 Å². The minimum absolute atomic E-state index is 0.221. The summed E-state index contributed by atoms with van der Waals surface area (Å²) in [5, 5.41) is 0. The van der Waals surface area contributed by atoms with E-state index >= 15 is 0 Å². The second kappa shape index (κ2) is 3.01. The fourth-order valence-corrected chi connectivity index (χ4v) is 1.23. The quantitative estimate of drug-likeness (QED) is 0.652. The number of halogens is 1. The summed E-state index contributed by atoms with van der Waals surface area (Å²) < 4.78 is 14.5. The van der Waals surface area contributed by atoms with Crippen LogP contribution < -0.4 is 0 Å². The lowest BCUT2D eigenvalue weighted by molar-refractivity contribution is 0.627. The molecule has 0 radical (unpaired) electrons. The van der Waals surface area contributed by atoms with Crippen LogP contribution in [0.5, 0.6) is 0 Å². The van der Waals surface area contributed by atoms with E-state index in [4.69, 9.17) is 0 Å². The van der Waals surface area contributed by atoms with Crippen LogP contribution in [0.4, 0.5) is 4.39 Å². The van der Waals surface area contributed by atoms with Crippen LogP contribution in [0.25, 0.3) is 5.69 Å². The molecule has 0 aliphatic heterocycles. The third-order valence-electron chi connectivity index (χ3n) is 1.93. The lowest BCUT2D eigenvalue weighted by atomic mass is 10.3. The van der Waals surface area contributed by atoms with Gasteiger partial charge >= 0.3 is 0 Å². The maximum Gasteiger partial charge on any atom is 0.123 e. The van der Waals surface area contributed by atoms with Gasteiger partial charge in [0, 0.05) is 17.6 Å². The highest BCUT2D eigenvalue weighted by Gasteiger charge is 1.98. The summed E-state index contributed by atoms with van der Waals surface area (Å²) in [4.78, 5) is 3.99. The van der Waals surface area contributed by atoms with Crippen LogP contribution in [-0.2, 0) is 0 Å². The van der Waals surface area contributed by atoms with E-state index < -0.39 is 0 Å². The van der Waals surface area contributed by atoms with Crippen molar-refractivity contribution in [2.24, 2.45) is 0 Å². The zero-order chi connectivity index (χ0) is 9.26. The molecule has 1 aromatic carbocycles. The Hall–Kier alpha value is -1.64. The zero-order valence-corrected chi connectivity index (χ0v) is 7.24. The second-order valence-corrected chi connectivity index (χ2v) is 2.88. The molecule has 3 heteroatoms. The maximum absolute atomic E-state index is 12.6. The van der Waals surface area contributed by atoms with E-state index in [1.165, 1.54) is 12.1 Å². The number of aromatic nitrogens is 2. The summed E-state index contributed by atoms with van der Waals surface area (Å²) >= 11 is 0. The van der Waals surface area contributed by atoms with E-state index in [9.17, 15) is 4.39 Å². The zero-order valence-electron chi connectivity index (χ0n) is 7.24. The van der Waals surface area contributed by atoms with Gasteiger partial charge in [-0.2, -0.15) is 0 Å². The predicted molar refractivity (Wildman–Crippen MR) is 48.3 cm³/mol. The standard InChI is InChI=1S/C10H9FN2/c1-8-6-12-7-13(8)10-4-2-9(11)3-5-10/h2-7H,1H3. The van der Waals surface area contributed by atoms with Crippen molar-refractivity contribution in [3.63, 3.8) is 0 Å². The number of hydrogen-bond donors (Lipinski definition) is 0. The average Bonchev–Trinajstić information content (AvgIpc) is 2.53. The molecule has 2 nitrogen and oxygen atoms in total.